The molecule has 2 rings (SSSR count). The van der Waals surface area contributed by atoms with Gasteiger partial charge < -0.3 is 0 Å². The molecule has 0 bridgehead atoms. The van der Waals surface area contributed by atoms with Crippen molar-refractivity contribution >= 4 is 11.8 Å². The Hall–Kier alpha value is -0.900. The van der Waals surface area contributed by atoms with E-state index in [0.29, 0.717) is 6.54 Å². The maximum atomic E-state index is 12.1. The first-order chi connectivity index (χ1) is 7.65. The van der Waals surface area contributed by atoms with Crippen molar-refractivity contribution in [3.05, 3.63) is 0 Å². The molecule has 1 saturated carbocycles. The zero-order chi connectivity index (χ0) is 11.6. The Morgan fingerprint density at radius 3 is 2.19 bits per heavy atom. The van der Waals surface area contributed by atoms with Gasteiger partial charge in [-0.1, -0.05) is 32.1 Å². The molecule has 2 aliphatic rings. The van der Waals surface area contributed by atoms with Crippen molar-refractivity contribution in [1.82, 2.24) is 10.2 Å². The summed E-state index contributed by atoms with van der Waals surface area (Å²) in [6.07, 6.45) is 7.65. The molecule has 1 aliphatic carbocycles. The summed E-state index contributed by atoms with van der Waals surface area (Å²) < 4.78 is 0. The summed E-state index contributed by atoms with van der Waals surface area (Å²) in [5.41, 5.74) is -0.408. The van der Waals surface area contributed by atoms with Crippen LogP contribution >= 0.6 is 0 Å². The van der Waals surface area contributed by atoms with Crippen LogP contribution in [0.5, 0.6) is 0 Å². The topological polar surface area (TPSA) is 49.4 Å². The first-order valence-corrected chi connectivity index (χ1v) is 6.21. The number of hydrogen-bond donors (Lipinski definition) is 1. The van der Waals surface area contributed by atoms with Gasteiger partial charge in [-0.2, -0.15) is 0 Å². The van der Waals surface area contributed by atoms with E-state index in [1.54, 1.807) is 0 Å². The molecule has 0 aromatic heterocycles. The molecule has 4 heteroatoms. The summed E-state index contributed by atoms with van der Waals surface area (Å²) in [5.74, 6) is -0.242. The maximum absolute atomic E-state index is 12.1. The van der Waals surface area contributed by atoms with Gasteiger partial charge >= 0.3 is 0 Å². The number of carbonyl (C=O) groups is 2. The number of hydrogen-bond acceptors (Lipinski definition) is 3. The highest BCUT2D eigenvalue weighted by Crippen LogP contribution is 2.32. The zero-order valence-corrected chi connectivity index (χ0v) is 9.92. The van der Waals surface area contributed by atoms with E-state index in [4.69, 9.17) is 0 Å². The largest absolute Gasteiger partial charge is 0.294 e. The van der Waals surface area contributed by atoms with Gasteiger partial charge in [0.15, 0.2) is 0 Å². The third-order valence-electron chi connectivity index (χ3n) is 3.97. The van der Waals surface area contributed by atoms with Crippen LogP contribution in [-0.4, -0.2) is 35.8 Å². The lowest BCUT2D eigenvalue weighted by Crippen LogP contribution is -2.65. The van der Waals surface area contributed by atoms with E-state index in [1.807, 2.05) is 11.9 Å². The number of likely N-dealkylation sites (N-methyl/N-ethyl adjacent to an activating group) is 1. The van der Waals surface area contributed by atoms with Crippen LogP contribution in [0.4, 0.5) is 0 Å². The Bertz CT molecular complexity index is 293. The predicted molar refractivity (Wildman–Crippen MR) is 60.8 cm³/mol. The second-order valence-electron chi connectivity index (χ2n) is 5.03. The van der Waals surface area contributed by atoms with Crippen LogP contribution in [0.15, 0.2) is 0 Å². The van der Waals surface area contributed by atoms with Crippen molar-refractivity contribution in [3.63, 3.8) is 0 Å². The van der Waals surface area contributed by atoms with E-state index in [1.165, 1.54) is 19.3 Å². The summed E-state index contributed by atoms with van der Waals surface area (Å²) in [5, 5.41) is 2.50. The first kappa shape index (κ1) is 11.6. The molecule has 4 nitrogen and oxygen atoms in total. The average molecular weight is 224 g/mol. The van der Waals surface area contributed by atoms with Gasteiger partial charge in [-0.15, -0.1) is 0 Å². The Kier molecular flexibility index (Phi) is 3.28. The molecule has 2 fully saturated rings. The number of nitrogens with one attached hydrogen (secondary N) is 1. The van der Waals surface area contributed by atoms with Gasteiger partial charge in [0.05, 0.1) is 6.54 Å². The number of piperazine rings is 1. The summed E-state index contributed by atoms with van der Waals surface area (Å²) >= 11 is 0. The van der Waals surface area contributed by atoms with E-state index < -0.39 is 5.54 Å². The van der Waals surface area contributed by atoms with E-state index in [-0.39, 0.29) is 11.8 Å². The summed E-state index contributed by atoms with van der Waals surface area (Å²) in [7, 11) is 1.90. The molecule has 0 aromatic rings. The molecule has 0 aromatic carbocycles. The quantitative estimate of drug-likeness (QED) is 0.626. The fourth-order valence-corrected chi connectivity index (χ4v) is 2.92. The lowest BCUT2D eigenvalue weighted by molar-refractivity contribution is -0.147. The van der Waals surface area contributed by atoms with Gasteiger partial charge in [0, 0.05) is 0 Å². The smallest absolute Gasteiger partial charge is 0.247 e. The third-order valence-corrected chi connectivity index (χ3v) is 3.97. The summed E-state index contributed by atoms with van der Waals surface area (Å²) in [4.78, 5) is 25.3. The zero-order valence-electron chi connectivity index (χ0n) is 9.92. The molecule has 0 radical (unpaired) electrons. The fourth-order valence-electron chi connectivity index (χ4n) is 2.92. The molecule has 1 aliphatic heterocycles. The van der Waals surface area contributed by atoms with Crippen LogP contribution in [0.25, 0.3) is 0 Å². The van der Waals surface area contributed by atoms with Gasteiger partial charge in [-0.3, -0.25) is 19.8 Å². The van der Waals surface area contributed by atoms with Crippen LogP contribution in [0.2, 0.25) is 0 Å². The van der Waals surface area contributed by atoms with E-state index >= 15 is 0 Å². The molecule has 1 saturated heterocycles. The summed E-state index contributed by atoms with van der Waals surface area (Å²) in [6.45, 7) is 0.353. The Morgan fingerprint density at radius 1 is 1.06 bits per heavy atom. The van der Waals surface area contributed by atoms with Crippen molar-refractivity contribution in [2.75, 3.05) is 13.6 Å². The molecular weight excluding hydrogens is 204 g/mol. The van der Waals surface area contributed by atoms with Gasteiger partial charge in [0.25, 0.3) is 0 Å². The number of amides is 2. The van der Waals surface area contributed by atoms with Crippen molar-refractivity contribution in [3.8, 4) is 0 Å². The lowest BCUT2D eigenvalue weighted by atomic mass is 9.81. The Labute approximate surface area is 96.4 Å². The highest BCUT2D eigenvalue weighted by molar-refractivity contribution is 6.03. The fraction of sp³-hybridized carbons (Fsp3) is 0.833. The van der Waals surface area contributed by atoms with Gasteiger partial charge in [-0.05, 0) is 19.9 Å². The van der Waals surface area contributed by atoms with Crippen molar-refractivity contribution < 1.29 is 9.59 Å². The number of nitrogens with zero attached hydrogens (tertiary/aromatic N) is 1. The molecule has 1 heterocycles. The molecule has 0 atom stereocenters. The lowest BCUT2D eigenvalue weighted by Gasteiger charge is -2.44. The van der Waals surface area contributed by atoms with E-state index in [0.717, 1.165) is 25.7 Å². The second kappa shape index (κ2) is 4.53. The van der Waals surface area contributed by atoms with Gasteiger partial charge in [-0.25, -0.2) is 0 Å². The highest BCUT2D eigenvalue weighted by atomic mass is 16.2. The highest BCUT2D eigenvalue weighted by Gasteiger charge is 2.45. The monoisotopic (exact) mass is 224 g/mol. The van der Waals surface area contributed by atoms with Crippen LogP contribution < -0.4 is 5.32 Å². The van der Waals surface area contributed by atoms with Crippen molar-refractivity contribution in [2.45, 2.75) is 50.5 Å². The van der Waals surface area contributed by atoms with Crippen LogP contribution in [0.1, 0.15) is 44.9 Å². The molecule has 0 unspecified atom stereocenters. The number of rotatable bonds is 0. The predicted octanol–water partition coefficient (Wildman–Crippen LogP) is 1.06. The third kappa shape index (κ3) is 1.98. The van der Waals surface area contributed by atoms with E-state index in [2.05, 4.69) is 5.32 Å². The Morgan fingerprint density at radius 2 is 1.62 bits per heavy atom. The first-order valence-electron chi connectivity index (χ1n) is 6.21. The SMILES string of the molecule is CN1CC(=O)NC(=O)C12CCCCCCC2. The molecule has 1 spiro atoms. The molecule has 2 amide bonds. The van der Waals surface area contributed by atoms with Gasteiger partial charge in [0.2, 0.25) is 11.8 Å². The minimum atomic E-state index is -0.408. The Balaban J connectivity index is 2.18. The molecule has 1 N–H and O–H groups in total. The second-order valence-corrected chi connectivity index (χ2v) is 5.03. The van der Waals surface area contributed by atoms with Crippen LogP contribution in [0.3, 0.4) is 0 Å². The minimum absolute atomic E-state index is 0.0758. The van der Waals surface area contributed by atoms with Gasteiger partial charge in [0.1, 0.15) is 5.54 Å². The van der Waals surface area contributed by atoms with Crippen molar-refractivity contribution in [1.29, 1.82) is 0 Å². The standard InChI is InChI=1S/C12H20N2O2/c1-14-9-10(15)13-11(16)12(14)7-5-3-2-4-6-8-12/h2-9H2,1H3,(H,13,15,16). The molecule has 90 valence electrons. The summed E-state index contributed by atoms with van der Waals surface area (Å²) in [6, 6.07) is 0. The van der Waals surface area contributed by atoms with Crippen LogP contribution in [-0.2, 0) is 9.59 Å². The average Bonchev–Trinajstić information content (AvgIpc) is 2.15. The number of carbonyl (C=O) groups excluding carboxylic acids is 2. The maximum Gasteiger partial charge on any atom is 0.247 e. The normalized spacial score (nSPS) is 27.3. The van der Waals surface area contributed by atoms with Crippen LogP contribution in [0, 0.1) is 0 Å². The number of imide groups is 1. The minimum Gasteiger partial charge on any atom is -0.294 e. The van der Waals surface area contributed by atoms with Crippen molar-refractivity contribution in [2.24, 2.45) is 0 Å². The molecular formula is C12H20N2O2. The van der Waals surface area contributed by atoms with E-state index in [9.17, 15) is 9.59 Å². The molecule has 16 heavy (non-hydrogen) atoms.